The topological polar surface area (TPSA) is 136 Å². The number of carbonyl (C=O) groups excluding carboxylic acids is 2. The Hall–Kier alpha value is -2.28. The van der Waals surface area contributed by atoms with Gasteiger partial charge in [0.1, 0.15) is 0 Å². The molecule has 0 aliphatic carbocycles. The van der Waals surface area contributed by atoms with E-state index in [0.717, 1.165) is 6.08 Å². The number of sulfone groups is 1. The summed E-state index contributed by atoms with van der Waals surface area (Å²) < 4.78 is 59.3. The minimum absolute atomic E-state index is 0.0347. The zero-order valence-electron chi connectivity index (χ0n) is 16.7. The van der Waals surface area contributed by atoms with Crippen molar-refractivity contribution in [3.8, 4) is 0 Å². The molecule has 170 valence electrons. The predicted octanol–water partition coefficient (Wildman–Crippen LogP) is -0.433. The van der Waals surface area contributed by atoms with Gasteiger partial charge in [-0.05, 0) is 30.2 Å². The van der Waals surface area contributed by atoms with Gasteiger partial charge in [0.2, 0.25) is 10.0 Å². The monoisotopic (exact) mass is 472 g/mol. The summed E-state index contributed by atoms with van der Waals surface area (Å²) in [7, 11) is -6.70. The van der Waals surface area contributed by atoms with Crippen molar-refractivity contribution in [1.29, 1.82) is 0 Å². The molecule has 1 atom stereocenters. The van der Waals surface area contributed by atoms with E-state index in [2.05, 4.69) is 5.32 Å². The second kappa shape index (κ2) is 9.90. The van der Waals surface area contributed by atoms with Crippen molar-refractivity contribution >= 4 is 37.8 Å². The molecule has 0 radical (unpaired) electrons. The summed E-state index contributed by atoms with van der Waals surface area (Å²) in [6.07, 6.45) is 2.91. The second-order valence-corrected chi connectivity index (χ2v) is 11.4. The first kappa shape index (κ1) is 23.4. The fraction of sp³-hybridized carbons (Fsp3) is 0.474. The Labute approximate surface area is 181 Å². The van der Waals surface area contributed by atoms with Crippen molar-refractivity contribution in [2.45, 2.75) is 17.4 Å². The number of ether oxygens (including phenoxy) is 2. The van der Waals surface area contributed by atoms with Gasteiger partial charge in [-0.3, -0.25) is 4.79 Å². The van der Waals surface area contributed by atoms with Gasteiger partial charge in [-0.1, -0.05) is 12.1 Å². The lowest BCUT2D eigenvalue weighted by Gasteiger charge is -2.26. The van der Waals surface area contributed by atoms with Crippen molar-refractivity contribution in [2.75, 3.05) is 44.4 Å². The summed E-state index contributed by atoms with van der Waals surface area (Å²) in [6, 6.07) is 5.57. The molecule has 1 amide bonds. The van der Waals surface area contributed by atoms with Gasteiger partial charge in [0.05, 0.1) is 29.6 Å². The van der Waals surface area contributed by atoms with Crippen molar-refractivity contribution in [1.82, 2.24) is 9.62 Å². The molecular weight excluding hydrogens is 448 g/mol. The smallest absolute Gasteiger partial charge is 0.331 e. The van der Waals surface area contributed by atoms with Crippen LogP contribution in [0, 0.1) is 0 Å². The van der Waals surface area contributed by atoms with E-state index in [1.54, 1.807) is 12.1 Å². The molecule has 0 bridgehead atoms. The fourth-order valence-corrected chi connectivity index (χ4v) is 6.30. The van der Waals surface area contributed by atoms with E-state index >= 15 is 0 Å². The first-order chi connectivity index (χ1) is 14.7. The number of hydrogen-bond donors (Lipinski definition) is 1. The summed E-state index contributed by atoms with van der Waals surface area (Å²) >= 11 is 0. The third-order valence-electron chi connectivity index (χ3n) is 4.84. The van der Waals surface area contributed by atoms with E-state index in [4.69, 9.17) is 9.47 Å². The maximum Gasteiger partial charge on any atom is 0.331 e. The van der Waals surface area contributed by atoms with E-state index < -0.39 is 44.4 Å². The molecule has 31 heavy (non-hydrogen) atoms. The molecule has 1 unspecified atom stereocenters. The molecule has 0 spiro atoms. The van der Waals surface area contributed by atoms with Gasteiger partial charge in [-0.2, -0.15) is 4.31 Å². The standard InChI is InChI=1S/C19H24N2O8S2/c22-18(20-16-7-12-30(24,25)14-16)13-29-19(23)6-3-15-1-4-17(5-2-15)31(26,27)21-8-10-28-11-9-21/h1-6,16H,7-14H2,(H,20,22)/b6-3+. The average Bonchev–Trinajstić information content (AvgIpc) is 3.09. The molecule has 0 aromatic heterocycles. The second-order valence-electron chi connectivity index (χ2n) is 7.19. The molecule has 12 heteroatoms. The van der Waals surface area contributed by atoms with Crippen LogP contribution in [0.3, 0.4) is 0 Å². The number of nitrogens with zero attached hydrogens (tertiary/aromatic N) is 1. The highest BCUT2D eigenvalue weighted by atomic mass is 32.2. The van der Waals surface area contributed by atoms with Gasteiger partial charge >= 0.3 is 5.97 Å². The van der Waals surface area contributed by atoms with E-state index in [9.17, 15) is 26.4 Å². The molecule has 2 heterocycles. The molecule has 2 aliphatic heterocycles. The molecule has 1 aromatic rings. The van der Waals surface area contributed by atoms with E-state index in [-0.39, 0.29) is 16.4 Å². The quantitative estimate of drug-likeness (QED) is 0.417. The number of amides is 1. The van der Waals surface area contributed by atoms with Crippen LogP contribution in [-0.2, 0) is 38.9 Å². The number of sulfonamides is 1. The van der Waals surface area contributed by atoms with Crippen molar-refractivity contribution in [3.63, 3.8) is 0 Å². The SMILES string of the molecule is O=C(COC(=O)/C=C/c1ccc(S(=O)(=O)N2CCOCC2)cc1)NC1CCS(=O)(=O)C1. The van der Waals surface area contributed by atoms with E-state index in [1.165, 1.54) is 22.5 Å². The molecule has 3 rings (SSSR count). The van der Waals surface area contributed by atoms with Crippen LogP contribution in [0.2, 0.25) is 0 Å². The number of esters is 1. The van der Waals surface area contributed by atoms with Gasteiger partial charge in [0.15, 0.2) is 16.4 Å². The van der Waals surface area contributed by atoms with Crippen LogP contribution >= 0.6 is 0 Å². The first-order valence-electron chi connectivity index (χ1n) is 9.68. The molecular formula is C19H24N2O8S2. The Morgan fingerprint density at radius 3 is 2.48 bits per heavy atom. The lowest BCUT2D eigenvalue weighted by Crippen LogP contribution is -2.40. The Morgan fingerprint density at radius 1 is 1.19 bits per heavy atom. The summed E-state index contributed by atoms with van der Waals surface area (Å²) in [4.78, 5) is 23.7. The van der Waals surface area contributed by atoms with Crippen LogP contribution in [0.25, 0.3) is 6.08 Å². The molecule has 2 saturated heterocycles. The largest absolute Gasteiger partial charge is 0.452 e. The molecule has 2 fully saturated rings. The summed E-state index contributed by atoms with van der Waals surface area (Å²) in [6.45, 7) is 0.816. The van der Waals surface area contributed by atoms with Crippen LogP contribution in [-0.4, -0.2) is 83.5 Å². The lowest BCUT2D eigenvalue weighted by atomic mass is 10.2. The van der Waals surface area contributed by atoms with Crippen LogP contribution in [0.4, 0.5) is 0 Å². The lowest BCUT2D eigenvalue weighted by molar-refractivity contribution is -0.143. The van der Waals surface area contributed by atoms with Gasteiger partial charge in [-0.25, -0.2) is 21.6 Å². The van der Waals surface area contributed by atoms with Gasteiger partial charge < -0.3 is 14.8 Å². The minimum Gasteiger partial charge on any atom is -0.452 e. The molecule has 0 saturated carbocycles. The predicted molar refractivity (Wildman–Crippen MR) is 111 cm³/mol. The van der Waals surface area contributed by atoms with Crippen molar-refractivity contribution in [3.05, 3.63) is 35.9 Å². The number of nitrogens with one attached hydrogen (secondary N) is 1. The Kier molecular flexibility index (Phi) is 7.46. The highest BCUT2D eigenvalue weighted by Gasteiger charge is 2.29. The van der Waals surface area contributed by atoms with E-state index in [1.807, 2.05) is 0 Å². The fourth-order valence-electron chi connectivity index (χ4n) is 3.21. The zero-order chi connectivity index (χ0) is 22.5. The average molecular weight is 473 g/mol. The Morgan fingerprint density at radius 2 is 1.87 bits per heavy atom. The Bertz CT molecular complexity index is 1040. The molecule has 2 aliphatic rings. The van der Waals surface area contributed by atoms with Crippen LogP contribution in [0.15, 0.2) is 35.2 Å². The maximum absolute atomic E-state index is 12.6. The third kappa shape index (κ3) is 6.60. The number of hydrogen-bond acceptors (Lipinski definition) is 8. The van der Waals surface area contributed by atoms with Crippen molar-refractivity contribution in [2.24, 2.45) is 0 Å². The number of rotatable bonds is 7. The van der Waals surface area contributed by atoms with Crippen LogP contribution in [0.5, 0.6) is 0 Å². The third-order valence-corrected chi connectivity index (χ3v) is 8.52. The van der Waals surface area contributed by atoms with E-state index in [0.29, 0.717) is 38.3 Å². The maximum atomic E-state index is 12.6. The Balaban J connectivity index is 1.47. The molecule has 1 N–H and O–H groups in total. The number of benzene rings is 1. The van der Waals surface area contributed by atoms with Crippen LogP contribution in [0.1, 0.15) is 12.0 Å². The highest BCUT2D eigenvalue weighted by Crippen LogP contribution is 2.18. The normalized spacial score (nSPS) is 21.7. The minimum atomic E-state index is -3.59. The van der Waals surface area contributed by atoms with Crippen LogP contribution < -0.4 is 5.32 Å². The molecule has 1 aromatic carbocycles. The molecule has 10 nitrogen and oxygen atoms in total. The number of carbonyl (C=O) groups is 2. The highest BCUT2D eigenvalue weighted by molar-refractivity contribution is 7.91. The van der Waals surface area contributed by atoms with Crippen molar-refractivity contribution < 1.29 is 35.9 Å². The summed E-state index contributed by atoms with van der Waals surface area (Å²) in [5, 5.41) is 2.52. The number of morpholine rings is 1. The summed E-state index contributed by atoms with van der Waals surface area (Å²) in [5.41, 5.74) is 0.582. The summed E-state index contributed by atoms with van der Waals surface area (Å²) in [5.74, 6) is -1.39. The zero-order valence-corrected chi connectivity index (χ0v) is 18.4. The van der Waals surface area contributed by atoms with Gasteiger partial charge in [0, 0.05) is 25.2 Å². The first-order valence-corrected chi connectivity index (χ1v) is 12.9. The van der Waals surface area contributed by atoms with Gasteiger partial charge in [-0.15, -0.1) is 0 Å². The van der Waals surface area contributed by atoms with Gasteiger partial charge in [0.25, 0.3) is 5.91 Å².